The Hall–Kier alpha value is -1.59. The van der Waals surface area contributed by atoms with Crippen LogP contribution >= 0.6 is 0 Å². The van der Waals surface area contributed by atoms with E-state index in [4.69, 9.17) is 10.5 Å². The number of carbonyl (C=O) groups excluding carboxylic acids is 1. The lowest BCUT2D eigenvalue weighted by Crippen LogP contribution is -2.48. The Morgan fingerprint density at radius 1 is 1.45 bits per heavy atom. The third-order valence-electron chi connectivity index (χ3n) is 3.08. The molecule has 5 nitrogen and oxygen atoms in total. The van der Waals surface area contributed by atoms with Gasteiger partial charge in [0.05, 0.1) is 18.8 Å². The Morgan fingerprint density at radius 2 is 2.15 bits per heavy atom. The normalized spacial score (nSPS) is 13.7. The molecule has 1 rings (SSSR count). The van der Waals surface area contributed by atoms with Crippen LogP contribution in [0.5, 0.6) is 5.75 Å². The molecule has 112 valence electrons. The lowest BCUT2D eigenvalue weighted by molar-refractivity contribution is -0.120. The monoisotopic (exact) mass is 280 g/mol. The van der Waals surface area contributed by atoms with Gasteiger partial charge in [-0.15, -0.1) is 0 Å². The van der Waals surface area contributed by atoms with E-state index in [9.17, 15) is 9.90 Å². The van der Waals surface area contributed by atoms with Crippen LogP contribution in [0.1, 0.15) is 39.2 Å². The summed E-state index contributed by atoms with van der Waals surface area (Å²) < 4.78 is 5.40. The maximum Gasteiger partial charge on any atom is 0.244 e. The van der Waals surface area contributed by atoms with Gasteiger partial charge in [-0.05, 0) is 38.5 Å². The van der Waals surface area contributed by atoms with Crippen LogP contribution < -0.4 is 15.8 Å². The Kier molecular flexibility index (Phi) is 5.98. The molecule has 0 fully saturated rings. The van der Waals surface area contributed by atoms with E-state index < -0.39 is 5.54 Å². The van der Waals surface area contributed by atoms with Gasteiger partial charge in [0.15, 0.2) is 0 Å². The van der Waals surface area contributed by atoms with Crippen LogP contribution in [0.25, 0.3) is 0 Å². The second-order valence-corrected chi connectivity index (χ2v) is 5.04. The third kappa shape index (κ3) is 4.21. The average Bonchev–Trinajstić information content (AvgIpc) is 2.40. The summed E-state index contributed by atoms with van der Waals surface area (Å²) in [7, 11) is 0. The number of nitrogens with one attached hydrogen (secondary N) is 1. The fraction of sp³-hybridized carbons (Fsp3) is 0.533. The number of hydrogen-bond donors (Lipinski definition) is 3. The van der Waals surface area contributed by atoms with Gasteiger partial charge >= 0.3 is 0 Å². The minimum absolute atomic E-state index is 0.145. The molecule has 4 N–H and O–H groups in total. The van der Waals surface area contributed by atoms with Gasteiger partial charge in [0.1, 0.15) is 5.75 Å². The van der Waals surface area contributed by atoms with Crippen LogP contribution in [0.3, 0.4) is 0 Å². The molecule has 0 heterocycles. The van der Waals surface area contributed by atoms with Crippen LogP contribution in [-0.4, -0.2) is 23.2 Å². The lowest BCUT2D eigenvalue weighted by Gasteiger charge is -2.23. The van der Waals surface area contributed by atoms with E-state index in [0.717, 1.165) is 6.42 Å². The molecule has 0 aliphatic carbocycles. The van der Waals surface area contributed by atoms with Crippen molar-refractivity contribution >= 4 is 11.6 Å². The van der Waals surface area contributed by atoms with E-state index in [2.05, 4.69) is 5.32 Å². The minimum Gasteiger partial charge on any atom is -0.494 e. The molecular formula is C15H24N2O3. The van der Waals surface area contributed by atoms with E-state index in [0.29, 0.717) is 30.0 Å². The second-order valence-electron chi connectivity index (χ2n) is 5.04. The van der Waals surface area contributed by atoms with Gasteiger partial charge in [-0.25, -0.2) is 0 Å². The molecule has 1 aromatic rings. The SMILES string of the molecule is CCCC(C)(N)C(=O)Nc1ccc(OCC)c(CO)c1. The van der Waals surface area contributed by atoms with Crippen molar-refractivity contribution in [1.82, 2.24) is 0 Å². The van der Waals surface area contributed by atoms with Crippen LogP contribution in [0.4, 0.5) is 5.69 Å². The van der Waals surface area contributed by atoms with Crippen LogP contribution in [0, 0.1) is 0 Å². The predicted molar refractivity (Wildman–Crippen MR) is 79.7 cm³/mol. The van der Waals surface area contributed by atoms with Crippen molar-refractivity contribution in [3.63, 3.8) is 0 Å². The number of rotatable bonds is 7. The number of aliphatic hydroxyl groups excluding tert-OH is 1. The molecule has 0 saturated heterocycles. The zero-order chi connectivity index (χ0) is 15.2. The number of anilines is 1. The maximum absolute atomic E-state index is 12.1. The summed E-state index contributed by atoms with van der Waals surface area (Å²) in [5.74, 6) is 0.393. The van der Waals surface area contributed by atoms with Crippen molar-refractivity contribution < 1.29 is 14.6 Å². The topological polar surface area (TPSA) is 84.6 Å². The number of ether oxygens (including phenoxy) is 1. The maximum atomic E-state index is 12.1. The molecule has 0 aliphatic heterocycles. The molecule has 0 radical (unpaired) electrons. The Balaban J connectivity index is 2.85. The first-order valence-electron chi connectivity index (χ1n) is 6.91. The van der Waals surface area contributed by atoms with Crippen molar-refractivity contribution in [2.75, 3.05) is 11.9 Å². The van der Waals surface area contributed by atoms with E-state index in [-0.39, 0.29) is 12.5 Å². The molecule has 20 heavy (non-hydrogen) atoms. The first-order valence-corrected chi connectivity index (χ1v) is 6.91. The fourth-order valence-electron chi connectivity index (χ4n) is 1.98. The van der Waals surface area contributed by atoms with Crippen LogP contribution in [0.15, 0.2) is 18.2 Å². The lowest BCUT2D eigenvalue weighted by atomic mass is 9.96. The number of aliphatic hydroxyl groups is 1. The number of benzene rings is 1. The molecule has 1 atom stereocenters. The van der Waals surface area contributed by atoms with Crippen molar-refractivity contribution in [2.45, 2.75) is 45.8 Å². The first-order chi connectivity index (χ1) is 9.44. The highest BCUT2D eigenvalue weighted by Gasteiger charge is 2.27. The quantitative estimate of drug-likeness (QED) is 0.713. The van der Waals surface area contributed by atoms with Crippen LogP contribution in [0.2, 0.25) is 0 Å². The van der Waals surface area contributed by atoms with E-state index in [1.165, 1.54) is 0 Å². The molecule has 1 unspecified atom stereocenters. The number of carbonyl (C=O) groups is 1. The summed E-state index contributed by atoms with van der Waals surface area (Å²) in [5, 5.41) is 12.1. The molecule has 0 bridgehead atoms. The zero-order valence-corrected chi connectivity index (χ0v) is 12.4. The van der Waals surface area contributed by atoms with Gasteiger partial charge in [0.2, 0.25) is 5.91 Å². The molecule has 0 saturated carbocycles. The minimum atomic E-state index is -0.896. The van der Waals surface area contributed by atoms with Crippen molar-refractivity contribution in [3.8, 4) is 5.75 Å². The molecule has 5 heteroatoms. The smallest absolute Gasteiger partial charge is 0.244 e. The Labute approximate surface area is 120 Å². The second kappa shape index (κ2) is 7.26. The largest absolute Gasteiger partial charge is 0.494 e. The van der Waals surface area contributed by atoms with Gasteiger partial charge in [-0.2, -0.15) is 0 Å². The van der Waals surface area contributed by atoms with Gasteiger partial charge in [0.25, 0.3) is 0 Å². The van der Waals surface area contributed by atoms with Crippen LogP contribution in [-0.2, 0) is 11.4 Å². The Morgan fingerprint density at radius 3 is 2.70 bits per heavy atom. The molecular weight excluding hydrogens is 256 g/mol. The standard InChI is InChI=1S/C15H24N2O3/c1-4-8-15(3,16)14(19)17-12-6-7-13(20-5-2)11(9-12)10-18/h6-7,9,18H,4-5,8,10,16H2,1-3H3,(H,17,19). The average molecular weight is 280 g/mol. The first kappa shape index (κ1) is 16.5. The van der Waals surface area contributed by atoms with Gasteiger partial charge < -0.3 is 20.9 Å². The van der Waals surface area contributed by atoms with Crippen molar-refractivity contribution in [3.05, 3.63) is 23.8 Å². The molecule has 1 aromatic carbocycles. The summed E-state index contributed by atoms with van der Waals surface area (Å²) in [6.07, 6.45) is 1.45. The number of nitrogens with two attached hydrogens (primary N) is 1. The molecule has 0 aliphatic rings. The summed E-state index contributed by atoms with van der Waals surface area (Å²) in [4.78, 5) is 12.1. The summed E-state index contributed by atoms with van der Waals surface area (Å²) in [6.45, 7) is 5.96. The van der Waals surface area contributed by atoms with E-state index >= 15 is 0 Å². The Bertz CT molecular complexity index is 458. The summed E-state index contributed by atoms with van der Waals surface area (Å²) in [5.41, 5.74) is 6.33. The predicted octanol–water partition coefficient (Wildman–Crippen LogP) is 2.03. The van der Waals surface area contributed by atoms with E-state index in [1.54, 1.807) is 25.1 Å². The van der Waals surface area contributed by atoms with Crippen molar-refractivity contribution in [2.24, 2.45) is 5.73 Å². The zero-order valence-electron chi connectivity index (χ0n) is 12.4. The number of amides is 1. The highest BCUT2D eigenvalue weighted by molar-refractivity contribution is 5.97. The molecule has 1 amide bonds. The highest BCUT2D eigenvalue weighted by atomic mass is 16.5. The van der Waals surface area contributed by atoms with Gasteiger partial charge in [0, 0.05) is 11.3 Å². The highest BCUT2D eigenvalue weighted by Crippen LogP contribution is 2.24. The van der Waals surface area contributed by atoms with E-state index in [1.807, 2.05) is 13.8 Å². The molecule has 0 spiro atoms. The number of hydrogen-bond acceptors (Lipinski definition) is 4. The molecule has 0 aromatic heterocycles. The van der Waals surface area contributed by atoms with Gasteiger partial charge in [-0.3, -0.25) is 4.79 Å². The third-order valence-corrected chi connectivity index (χ3v) is 3.08. The summed E-state index contributed by atoms with van der Waals surface area (Å²) in [6, 6.07) is 5.17. The summed E-state index contributed by atoms with van der Waals surface area (Å²) >= 11 is 0. The fourth-order valence-corrected chi connectivity index (χ4v) is 1.98. The van der Waals surface area contributed by atoms with Crippen molar-refractivity contribution in [1.29, 1.82) is 0 Å². The van der Waals surface area contributed by atoms with Gasteiger partial charge in [-0.1, -0.05) is 13.3 Å².